The first-order chi connectivity index (χ1) is 5.29. The molecular formula is C9H21N2. The Morgan fingerprint density at radius 1 is 0.909 bits per heavy atom. The van der Waals surface area contributed by atoms with Crippen LogP contribution in [0.15, 0.2) is 0 Å². The van der Waals surface area contributed by atoms with Crippen LogP contribution >= 0.6 is 0 Å². The average Bonchev–Trinajstić information content (AvgIpc) is 2.05. The van der Waals surface area contributed by atoms with Gasteiger partial charge in [0.05, 0.1) is 0 Å². The second kappa shape index (κ2) is 6.62. The highest BCUT2D eigenvalue weighted by molar-refractivity contribution is 4.54. The Kier molecular flexibility index (Phi) is 6.57. The first-order valence-electron chi connectivity index (χ1n) is 4.59. The Morgan fingerprint density at radius 3 is 1.64 bits per heavy atom. The largest absolute Gasteiger partial charge is 0.242 e. The van der Waals surface area contributed by atoms with Gasteiger partial charge in [0, 0.05) is 26.2 Å². The highest BCUT2D eigenvalue weighted by atomic mass is 15.6. The highest BCUT2D eigenvalue weighted by Crippen LogP contribution is 1.97. The van der Waals surface area contributed by atoms with Crippen molar-refractivity contribution in [2.45, 2.75) is 27.2 Å². The van der Waals surface area contributed by atoms with Crippen molar-refractivity contribution in [2.75, 3.05) is 26.2 Å². The zero-order valence-corrected chi connectivity index (χ0v) is 8.14. The van der Waals surface area contributed by atoms with Crippen molar-refractivity contribution in [3.63, 3.8) is 0 Å². The van der Waals surface area contributed by atoms with Gasteiger partial charge < -0.3 is 0 Å². The van der Waals surface area contributed by atoms with E-state index in [1.54, 1.807) is 0 Å². The fourth-order valence-electron chi connectivity index (χ4n) is 1.31. The van der Waals surface area contributed by atoms with Crippen molar-refractivity contribution in [1.29, 1.82) is 0 Å². The van der Waals surface area contributed by atoms with Gasteiger partial charge in [-0.3, -0.25) is 0 Å². The van der Waals surface area contributed by atoms with Gasteiger partial charge in [-0.15, -0.1) is 0 Å². The maximum Gasteiger partial charge on any atom is 0.0133 e. The minimum Gasteiger partial charge on any atom is -0.242 e. The van der Waals surface area contributed by atoms with Gasteiger partial charge in [0.2, 0.25) is 0 Å². The molecule has 0 unspecified atom stereocenters. The number of hydrazine groups is 1. The molecule has 0 bridgehead atoms. The van der Waals surface area contributed by atoms with Gasteiger partial charge in [0.25, 0.3) is 0 Å². The third-order valence-corrected chi connectivity index (χ3v) is 1.91. The minimum absolute atomic E-state index is 0.990. The summed E-state index contributed by atoms with van der Waals surface area (Å²) in [6.45, 7) is 14.8. The van der Waals surface area contributed by atoms with Crippen LogP contribution in [0.2, 0.25) is 0 Å². The van der Waals surface area contributed by atoms with E-state index in [1.807, 2.05) is 0 Å². The SMILES string of the molecule is [CH2]CCN(CC)N(CC)CC. The lowest BCUT2D eigenvalue weighted by Gasteiger charge is -2.32. The molecule has 0 saturated heterocycles. The van der Waals surface area contributed by atoms with E-state index in [-0.39, 0.29) is 0 Å². The third-order valence-electron chi connectivity index (χ3n) is 1.91. The molecule has 0 aromatic heterocycles. The number of hydrogen-bond donors (Lipinski definition) is 0. The van der Waals surface area contributed by atoms with Gasteiger partial charge in [0.1, 0.15) is 0 Å². The van der Waals surface area contributed by atoms with Crippen LogP contribution in [0.1, 0.15) is 27.2 Å². The fraction of sp³-hybridized carbons (Fsp3) is 0.889. The lowest BCUT2D eigenvalue weighted by Crippen LogP contribution is -2.42. The van der Waals surface area contributed by atoms with Crippen LogP contribution in [0.5, 0.6) is 0 Å². The molecule has 2 nitrogen and oxygen atoms in total. The van der Waals surface area contributed by atoms with E-state index in [4.69, 9.17) is 0 Å². The van der Waals surface area contributed by atoms with Crippen molar-refractivity contribution in [3.05, 3.63) is 6.92 Å². The van der Waals surface area contributed by atoms with Crippen molar-refractivity contribution in [3.8, 4) is 0 Å². The summed E-state index contributed by atoms with van der Waals surface area (Å²) in [4.78, 5) is 0. The van der Waals surface area contributed by atoms with E-state index >= 15 is 0 Å². The summed E-state index contributed by atoms with van der Waals surface area (Å²) in [6, 6.07) is 0. The molecule has 0 amide bonds. The van der Waals surface area contributed by atoms with Gasteiger partial charge in [0.15, 0.2) is 0 Å². The Bertz CT molecular complexity index is 79.6. The number of nitrogens with zero attached hydrogens (tertiary/aromatic N) is 2. The summed E-state index contributed by atoms with van der Waals surface area (Å²) >= 11 is 0. The smallest absolute Gasteiger partial charge is 0.0133 e. The minimum atomic E-state index is 0.990. The van der Waals surface area contributed by atoms with Crippen LogP contribution in [-0.2, 0) is 0 Å². The Labute approximate surface area is 71.1 Å². The predicted octanol–water partition coefficient (Wildman–Crippen LogP) is 1.79. The van der Waals surface area contributed by atoms with E-state index in [9.17, 15) is 0 Å². The van der Waals surface area contributed by atoms with Crippen LogP contribution in [0.25, 0.3) is 0 Å². The number of rotatable bonds is 6. The molecule has 0 heterocycles. The van der Waals surface area contributed by atoms with E-state index in [1.165, 1.54) is 0 Å². The fourth-order valence-corrected chi connectivity index (χ4v) is 1.31. The van der Waals surface area contributed by atoms with E-state index < -0.39 is 0 Å². The molecule has 0 aromatic rings. The topological polar surface area (TPSA) is 6.48 Å². The summed E-state index contributed by atoms with van der Waals surface area (Å²) in [6.07, 6.45) is 0.990. The van der Waals surface area contributed by atoms with Gasteiger partial charge in [-0.05, 0) is 6.42 Å². The molecule has 67 valence electrons. The van der Waals surface area contributed by atoms with E-state index in [0.717, 1.165) is 32.6 Å². The monoisotopic (exact) mass is 157 g/mol. The maximum absolute atomic E-state index is 3.86. The van der Waals surface area contributed by atoms with Crippen LogP contribution in [0.4, 0.5) is 0 Å². The molecule has 0 fully saturated rings. The van der Waals surface area contributed by atoms with Crippen molar-refractivity contribution in [1.82, 2.24) is 10.0 Å². The zero-order valence-electron chi connectivity index (χ0n) is 8.14. The molecular weight excluding hydrogens is 136 g/mol. The first kappa shape index (κ1) is 10.9. The summed E-state index contributed by atoms with van der Waals surface area (Å²) in [5.41, 5.74) is 0. The molecule has 2 heteroatoms. The maximum atomic E-state index is 3.86. The van der Waals surface area contributed by atoms with Gasteiger partial charge in [-0.25, -0.2) is 10.0 Å². The summed E-state index contributed by atoms with van der Waals surface area (Å²) in [5, 5.41) is 4.71. The van der Waals surface area contributed by atoms with Gasteiger partial charge in [-0.2, -0.15) is 0 Å². The van der Waals surface area contributed by atoms with Crippen molar-refractivity contribution in [2.24, 2.45) is 0 Å². The molecule has 0 spiro atoms. The lowest BCUT2D eigenvalue weighted by atomic mass is 10.4. The summed E-state index contributed by atoms with van der Waals surface area (Å²) in [7, 11) is 0. The average molecular weight is 157 g/mol. The second-order valence-corrected chi connectivity index (χ2v) is 2.54. The van der Waals surface area contributed by atoms with Gasteiger partial charge in [-0.1, -0.05) is 27.7 Å². The molecule has 1 radical (unpaired) electrons. The molecule has 0 aliphatic carbocycles. The van der Waals surface area contributed by atoms with Crippen LogP contribution in [0.3, 0.4) is 0 Å². The highest BCUT2D eigenvalue weighted by Gasteiger charge is 2.07. The summed E-state index contributed by atoms with van der Waals surface area (Å²) in [5.74, 6) is 0. The Hall–Kier alpha value is -0.0800. The molecule has 11 heavy (non-hydrogen) atoms. The second-order valence-electron chi connectivity index (χ2n) is 2.54. The molecule has 0 N–H and O–H groups in total. The molecule has 0 aromatic carbocycles. The van der Waals surface area contributed by atoms with Gasteiger partial charge >= 0.3 is 0 Å². The molecule has 0 aliphatic rings. The quantitative estimate of drug-likeness (QED) is 0.542. The van der Waals surface area contributed by atoms with Crippen LogP contribution < -0.4 is 0 Å². The third kappa shape index (κ3) is 3.73. The standard InChI is InChI=1S/C9H21N2/c1-5-9-11(8-4)10(6-2)7-3/h1,5-9H2,2-4H3. The first-order valence-corrected chi connectivity index (χ1v) is 4.59. The van der Waals surface area contributed by atoms with Crippen molar-refractivity contribution >= 4 is 0 Å². The molecule has 0 aliphatic heterocycles. The normalized spacial score (nSPS) is 11.5. The summed E-state index contributed by atoms with van der Waals surface area (Å²) < 4.78 is 0. The van der Waals surface area contributed by atoms with Crippen molar-refractivity contribution < 1.29 is 0 Å². The number of hydrogen-bond acceptors (Lipinski definition) is 2. The zero-order chi connectivity index (χ0) is 8.69. The lowest BCUT2D eigenvalue weighted by molar-refractivity contribution is -0.0101. The molecule has 0 rings (SSSR count). The molecule has 0 saturated carbocycles. The van der Waals surface area contributed by atoms with Crippen LogP contribution in [0, 0.1) is 6.92 Å². The Morgan fingerprint density at radius 2 is 1.36 bits per heavy atom. The van der Waals surface area contributed by atoms with E-state index in [0.29, 0.717) is 0 Å². The molecule has 0 atom stereocenters. The van der Waals surface area contributed by atoms with Crippen LogP contribution in [-0.4, -0.2) is 36.2 Å². The van der Waals surface area contributed by atoms with E-state index in [2.05, 4.69) is 37.7 Å². The Balaban J connectivity index is 3.76. The predicted molar refractivity (Wildman–Crippen MR) is 50.1 cm³/mol.